The lowest BCUT2D eigenvalue weighted by Gasteiger charge is -2.27. The quantitative estimate of drug-likeness (QED) is 0.575. The van der Waals surface area contributed by atoms with Crippen LogP contribution in [0.1, 0.15) is 56.7 Å². The van der Waals surface area contributed by atoms with Crippen LogP contribution in [0.25, 0.3) is 10.6 Å². The molecule has 8 heteroatoms. The molecule has 0 bridgehead atoms. The van der Waals surface area contributed by atoms with Crippen molar-refractivity contribution in [1.29, 1.82) is 5.26 Å². The third-order valence-corrected chi connectivity index (χ3v) is 6.80. The number of aromatic nitrogens is 2. The Morgan fingerprint density at radius 2 is 2.06 bits per heavy atom. The van der Waals surface area contributed by atoms with E-state index in [1.807, 2.05) is 33.0 Å². The molecule has 1 aromatic heterocycles. The molecule has 1 unspecified atom stereocenters. The number of nitriles is 1. The fraction of sp³-hybridized carbons (Fsp3) is 0.462. The van der Waals surface area contributed by atoms with Crippen LogP contribution in [0.2, 0.25) is 0 Å². The van der Waals surface area contributed by atoms with Gasteiger partial charge in [-0.25, -0.2) is 0 Å². The first-order chi connectivity index (χ1) is 16.3. The largest absolute Gasteiger partial charge is 0.490 e. The third kappa shape index (κ3) is 6.75. The molecule has 1 heterocycles. The van der Waals surface area contributed by atoms with Crippen molar-refractivity contribution in [2.75, 3.05) is 13.6 Å². The van der Waals surface area contributed by atoms with E-state index in [9.17, 15) is 5.26 Å². The van der Waals surface area contributed by atoms with Gasteiger partial charge < -0.3 is 15.2 Å². The summed E-state index contributed by atoms with van der Waals surface area (Å²) >= 11 is 1.64. The molecule has 0 spiro atoms. The maximum Gasteiger partial charge on any atom is 0.290 e. The van der Waals surface area contributed by atoms with E-state index in [4.69, 9.17) is 14.6 Å². The Hall–Kier alpha value is -3.02. The molecule has 0 aliphatic heterocycles. The minimum Gasteiger partial charge on any atom is -0.490 e. The second-order valence-corrected chi connectivity index (χ2v) is 9.53. The lowest BCUT2D eigenvalue weighted by Crippen LogP contribution is -2.23. The number of rotatable bonds is 5. The van der Waals surface area contributed by atoms with Crippen LogP contribution in [0, 0.1) is 11.3 Å². The minimum atomic E-state index is -0.331. The molecule has 2 aliphatic carbocycles. The van der Waals surface area contributed by atoms with Crippen LogP contribution in [0.4, 0.5) is 0 Å². The minimum absolute atomic E-state index is 0.0469. The van der Waals surface area contributed by atoms with E-state index in [0.717, 1.165) is 35.8 Å². The van der Waals surface area contributed by atoms with Crippen molar-refractivity contribution >= 4 is 17.8 Å². The summed E-state index contributed by atoms with van der Waals surface area (Å²) < 4.78 is 5.79. The topological polar surface area (TPSA) is 108 Å². The Kier molecular flexibility index (Phi) is 10.4. The van der Waals surface area contributed by atoms with Crippen LogP contribution in [-0.2, 0) is 27.8 Å². The summed E-state index contributed by atoms with van der Waals surface area (Å²) in [6.07, 6.45) is 8.30. The van der Waals surface area contributed by atoms with Gasteiger partial charge in [0.15, 0.2) is 0 Å². The average molecular weight is 483 g/mol. The molecule has 0 fully saturated rings. The van der Waals surface area contributed by atoms with Crippen LogP contribution in [-0.4, -0.2) is 41.5 Å². The van der Waals surface area contributed by atoms with Crippen LogP contribution in [0.3, 0.4) is 0 Å². The normalized spacial score (nSPS) is 18.3. The number of aryl methyl sites for hydroxylation is 1. The van der Waals surface area contributed by atoms with Crippen molar-refractivity contribution in [3.05, 3.63) is 57.8 Å². The Bertz CT molecular complexity index is 1070. The molecule has 2 aliphatic rings. The monoisotopic (exact) mass is 482 g/mol. The van der Waals surface area contributed by atoms with Gasteiger partial charge in [-0.15, -0.1) is 10.2 Å². The van der Waals surface area contributed by atoms with Gasteiger partial charge in [-0.3, -0.25) is 4.79 Å². The Morgan fingerprint density at radius 1 is 1.35 bits per heavy atom. The van der Waals surface area contributed by atoms with Crippen molar-refractivity contribution in [3.8, 4) is 16.6 Å². The molecule has 1 aromatic carbocycles. The Labute approximate surface area is 206 Å². The lowest BCUT2D eigenvalue weighted by atomic mass is 9.81. The molecular formula is C26H34N4O3S. The second-order valence-electron chi connectivity index (χ2n) is 8.55. The fourth-order valence-corrected chi connectivity index (χ4v) is 4.87. The molecule has 4 rings (SSSR count). The van der Waals surface area contributed by atoms with E-state index < -0.39 is 0 Å². The zero-order chi connectivity index (χ0) is 25.1. The zero-order valence-electron chi connectivity index (χ0n) is 20.6. The van der Waals surface area contributed by atoms with Crippen molar-refractivity contribution in [1.82, 2.24) is 15.5 Å². The molecular weight excluding hydrogens is 448 g/mol. The average Bonchev–Trinajstić information content (AvgIpc) is 3.51. The highest BCUT2D eigenvalue weighted by atomic mass is 32.1. The highest BCUT2D eigenvalue weighted by molar-refractivity contribution is 7.14. The number of ether oxygens (including phenoxy) is 1. The van der Waals surface area contributed by atoms with Crippen LogP contribution >= 0.6 is 11.3 Å². The number of allylic oxidation sites excluding steroid dienone is 3. The lowest BCUT2D eigenvalue weighted by molar-refractivity contribution is -0.122. The number of carboxylic acid groups (broad SMARTS) is 1. The van der Waals surface area contributed by atoms with E-state index in [1.165, 1.54) is 23.1 Å². The van der Waals surface area contributed by atoms with Gasteiger partial charge in [-0.05, 0) is 83.3 Å². The third-order valence-electron chi connectivity index (χ3n) is 5.57. The van der Waals surface area contributed by atoms with E-state index >= 15 is 0 Å². The first-order valence-corrected chi connectivity index (χ1v) is 12.3. The van der Waals surface area contributed by atoms with Gasteiger partial charge in [0.05, 0.1) is 11.7 Å². The van der Waals surface area contributed by atoms with Gasteiger partial charge in [0.1, 0.15) is 21.8 Å². The molecule has 182 valence electrons. The van der Waals surface area contributed by atoms with Crippen LogP contribution in [0.15, 0.2) is 41.7 Å². The number of nitrogens with zero attached hydrogens (tertiary/aromatic N) is 3. The summed E-state index contributed by atoms with van der Waals surface area (Å²) in [7, 11) is 1.93. The predicted octanol–water partition coefficient (Wildman–Crippen LogP) is 5.04. The second kappa shape index (κ2) is 13.0. The number of fused-ring (bicyclic) bond motifs is 1. The molecule has 2 N–H and O–H groups in total. The number of hydrogen-bond acceptors (Lipinski definition) is 7. The highest BCUT2D eigenvalue weighted by Crippen LogP contribution is 2.41. The molecule has 7 nitrogen and oxygen atoms in total. The molecule has 0 saturated heterocycles. The van der Waals surface area contributed by atoms with Gasteiger partial charge in [0.25, 0.3) is 6.47 Å². The number of hydrogen-bond donors (Lipinski definition) is 2. The number of benzene rings is 1. The fourth-order valence-electron chi connectivity index (χ4n) is 3.85. The van der Waals surface area contributed by atoms with Crippen molar-refractivity contribution in [2.24, 2.45) is 0 Å². The summed E-state index contributed by atoms with van der Waals surface area (Å²) in [6.45, 7) is 8.95. The van der Waals surface area contributed by atoms with Crippen molar-refractivity contribution < 1.29 is 14.6 Å². The summed E-state index contributed by atoms with van der Waals surface area (Å²) in [5.41, 5.74) is 4.34. The van der Waals surface area contributed by atoms with Crippen molar-refractivity contribution in [3.63, 3.8) is 0 Å². The van der Waals surface area contributed by atoms with Gasteiger partial charge in [0, 0.05) is 11.0 Å². The standard InChI is InChI=1S/C22H23N3OS.C3H9N.CH2O2/c1-14(2)26-19-10-11-22(3,12-16(19)13-23)21-25-24-20(27-21)18-9-5-7-15-6-4-8-17(15)18;1-3-4-2;2-1-3/h5,7,9-10,12,14H,4,6,8,11H2,1-3H3;4H,3H2,1-2H3;1H,(H,2,3). The van der Waals surface area contributed by atoms with Crippen molar-refractivity contribution in [2.45, 2.75) is 64.9 Å². The number of nitrogens with one attached hydrogen (secondary N) is 1. The molecule has 34 heavy (non-hydrogen) atoms. The molecule has 0 radical (unpaired) electrons. The molecule has 0 saturated carbocycles. The Balaban J connectivity index is 0.000000519. The maximum atomic E-state index is 9.57. The summed E-state index contributed by atoms with van der Waals surface area (Å²) in [6, 6.07) is 8.78. The van der Waals surface area contributed by atoms with Gasteiger partial charge in [-0.1, -0.05) is 36.5 Å². The first kappa shape index (κ1) is 27.2. The predicted molar refractivity (Wildman–Crippen MR) is 136 cm³/mol. The van der Waals surface area contributed by atoms with Crippen LogP contribution < -0.4 is 5.32 Å². The van der Waals surface area contributed by atoms with Crippen LogP contribution in [0.5, 0.6) is 0 Å². The van der Waals surface area contributed by atoms with Gasteiger partial charge in [-0.2, -0.15) is 5.26 Å². The molecule has 2 aromatic rings. The SMILES string of the molecule is CC(C)OC1=CCC(C)(c2nnc(-c3cccc4c3CCC4)s2)C=C1C#N.CCNC.O=CO. The number of carbonyl (C=O) groups is 1. The van der Waals surface area contributed by atoms with E-state index in [-0.39, 0.29) is 18.0 Å². The zero-order valence-corrected chi connectivity index (χ0v) is 21.4. The smallest absolute Gasteiger partial charge is 0.290 e. The maximum absolute atomic E-state index is 9.57. The van der Waals surface area contributed by atoms with E-state index in [0.29, 0.717) is 11.3 Å². The van der Waals surface area contributed by atoms with Gasteiger partial charge >= 0.3 is 0 Å². The Morgan fingerprint density at radius 3 is 2.68 bits per heavy atom. The molecule has 0 amide bonds. The summed E-state index contributed by atoms with van der Waals surface area (Å²) in [5.74, 6) is 0.676. The van der Waals surface area contributed by atoms with Gasteiger partial charge in [0.2, 0.25) is 0 Å². The highest BCUT2D eigenvalue weighted by Gasteiger charge is 2.33. The van der Waals surface area contributed by atoms with E-state index in [2.05, 4.69) is 53.6 Å². The van der Waals surface area contributed by atoms with E-state index in [1.54, 1.807) is 11.3 Å². The summed E-state index contributed by atoms with van der Waals surface area (Å²) in [4.78, 5) is 8.36. The first-order valence-electron chi connectivity index (χ1n) is 11.5. The summed E-state index contributed by atoms with van der Waals surface area (Å²) in [5, 5.41) is 30.3. The molecule has 1 atom stereocenters.